The zero-order chi connectivity index (χ0) is 17.5. The average Bonchev–Trinajstić information content (AvgIpc) is 3.08. The fraction of sp³-hybridized carbons (Fsp3) is 0.381. The van der Waals surface area contributed by atoms with Crippen LogP contribution >= 0.6 is 0 Å². The molecule has 1 fully saturated rings. The second-order valence-corrected chi connectivity index (χ2v) is 6.50. The minimum Gasteiger partial charge on any atom is -0.492 e. The number of hydrogen-bond acceptors (Lipinski definition) is 3. The van der Waals surface area contributed by atoms with Gasteiger partial charge in [-0.1, -0.05) is 42.5 Å². The Kier molecular flexibility index (Phi) is 6.07. The van der Waals surface area contributed by atoms with Crippen molar-refractivity contribution in [3.63, 3.8) is 0 Å². The molecule has 0 spiro atoms. The van der Waals surface area contributed by atoms with E-state index in [1.54, 1.807) is 0 Å². The molecular formula is C21H26N2O2. The number of para-hydroxylation sites is 1. The van der Waals surface area contributed by atoms with E-state index in [9.17, 15) is 4.79 Å². The molecule has 2 aromatic rings. The Morgan fingerprint density at radius 3 is 2.72 bits per heavy atom. The number of ether oxygens (including phenoxy) is 1. The Morgan fingerprint density at radius 2 is 1.92 bits per heavy atom. The Labute approximate surface area is 149 Å². The second kappa shape index (κ2) is 8.67. The van der Waals surface area contributed by atoms with Gasteiger partial charge in [-0.2, -0.15) is 0 Å². The van der Waals surface area contributed by atoms with Gasteiger partial charge in [0.05, 0.1) is 13.1 Å². The minimum absolute atomic E-state index is 0.0668. The van der Waals surface area contributed by atoms with Crippen LogP contribution in [-0.2, 0) is 4.79 Å². The molecular weight excluding hydrogens is 312 g/mol. The third-order valence-electron chi connectivity index (χ3n) is 4.69. The average molecular weight is 338 g/mol. The number of carbonyl (C=O) groups is 1. The van der Waals surface area contributed by atoms with Crippen molar-refractivity contribution in [3.8, 4) is 5.75 Å². The van der Waals surface area contributed by atoms with E-state index >= 15 is 0 Å². The molecule has 1 saturated heterocycles. The first kappa shape index (κ1) is 17.5. The molecule has 0 radical (unpaired) electrons. The molecule has 3 rings (SSSR count). The summed E-state index contributed by atoms with van der Waals surface area (Å²) in [5, 5.41) is 2.96. The quantitative estimate of drug-likeness (QED) is 0.788. The van der Waals surface area contributed by atoms with Gasteiger partial charge in [0, 0.05) is 6.04 Å². The van der Waals surface area contributed by atoms with Gasteiger partial charge in [0.1, 0.15) is 12.4 Å². The number of carbonyl (C=O) groups excluding carboxylic acids is 1. The van der Waals surface area contributed by atoms with Crippen LogP contribution in [0.5, 0.6) is 5.75 Å². The van der Waals surface area contributed by atoms with E-state index in [2.05, 4.69) is 41.4 Å². The lowest BCUT2D eigenvalue weighted by Crippen LogP contribution is -2.38. The third-order valence-corrected chi connectivity index (χ3v) is 4.69. The number of benzene rings is 2. The smallest absolute Gasteiger partial charge is 0.234 e. The number of amides is 1. The van der Waals surface area contributed by atoms with Crippen molar-refractivity contribution in [1.29, 1.82) is 0 Å². The molecule has 0 aliphatic carbocycles. The molecule has 4 heteroatoms. The first-order valence-electron chi connectivity index (χ1n) is 8.98. The number of nitrogens with zero attached hydrogens (tertiary/aromatic N) is 1. The number of likely N-dealkylation sites (tertiary alicyclic amines) is 1. The molecule has 1 aliphatic heterocycles. The van der Waals surface area contributed by atoms with Crippen LogP contribution < -0.4 is 10.1 Å². The zero-order valence-corrected chi connectivity index (χ0v) is 14.8. The molecule has 132 valence electrons. The molecule has 1 aliphatic rings. The molecule has 0 aromatic heterocycles. The minimum atomic E-state index is 0.0668. The summed E-state index contributed by atoms with van der Waals surface area (Å²) in [5.74, 6) is 0.896. The van der Waals surface area contributed by atoms with Crippen molar-refractivity contribution < 1.29 is 9.53 Å². The van der Waals surface area contributed by atoms with Crippen LogP contribution in [0, 0.1) is 6.92 Å². The highest BCUT2D eigenvalue weighted by Crippen LogP contribution is 2.33. The zero-order valence-electron chi connectivity index (χ0n) is 14.8. The van der Waals surface area contributed by atoms with Crippen molar-refractivity contribution in [1.82, 2.24) is 10.2 Å². The van der Waals surface area contributed by atoms with Crippen LogP contribution in [0.25, 0.3) is 0 Å². The lowest BCUT2D eigenvalue weighted by Gasteiger charge is -2.25. The Bertz CT molecular complexity index is 687. The third kappa shape index (κ3) is 4.83. The van der Waals surface area contributed by atoms with Crippen LogP contribution in [0.15, 0.2) is 54.6 Å². The number of hydrogen-bond donors (Lipinski definition) is 1. The molecule has 1 unspecified atom stereocenters. The van der Waals surface area contributed by atoms with E-state index in [1.807, 2.05) is 30.3 Å². The normalized spacial score (nSPS) is 17.4. The first-order chi connectivity index (χ1) is 12.2. The van der Waals surface area contributed by atoms with Crippen LogP contribution in [0.2, 0.25) is 0 Å². The van der Waals surface area contributed by atoms with E-state index < -0.39 is 0 Å². The Balaban J connectivity index is 1.45. The predicted octanol–water partition coefficient (Wildman–Crippen LogP) is 3.33. The van der Waals surface area contributed by atoms with E-state index in [1.165, 1.54) is 11.1 Å². The fourth-order valence-electron chi connectivity index (χ4n) is 3.44. The van der Waals surface area contributed by atoms with Gasteiger partial charge in [0.2, 0.25) is 5.91 Å². The van der Waals surface area contributed by atoms with Crippen LogP contribution in [0.1, 0.15) is 30.0 Å². The van der Waals surface area contributed by atoms with Gasteiger partial charge >= 0.3 is 0 Å². The van der Waals surface area contributed by atoms with Crippen molar-refractivity contribution in [3.05, 3.63) is 65.7 Å². The van der Waals surface area contributed by atoms with Crippen LogP contribution in [0.3, 0.4) is 0 Å². The van der Waals surface area contributed by atoms with Gasteiger partial charge in [-0.3, -0.25) is 9.69 Å². The van der Waals surface area contributed by atoms with Gasteiger partial charge in [-0.15, -0.1) is 0 Å². The molecule has 4 nitrogen and oxygen atoms in total. The highest BCUT2D eigenvalue weighted by atomic mass is 16.5. The van der Waals surface area contributed by atoms with Gasteiger partial charge in [0.15, 0.2) is 0 Å². The summed E-state index contributed by atoms with van der Waals surface area (Å²) in [6, 6.07) is 18.5. The van der Waals surface area contributed by atoms with Crippen molar-refractivity contribution in [2.24, 2.45) is 0 Å². The SMILES string of the molecule is Cc1ccccc1C1CCCN1CC(=O)NCCOc1ccccc1. The molecule has 1 atom stereocenters. The molecule has 0 saturated carbocycles. The summed E-state index contributed by atoms with van der Waals surface area (Å²) in [7, 11) is 0. The maximum Gasteiger partial charge on any atom is 0.234 e. The Hall–Kier alpha value is -2.33. The Morgan fingerprint density at radius 1 is 1.16 bits per heavy atom. The van der Waals surface area contributed by atoms with E-state index in [4.69, 9.17) is 4.74 Å². The van der Waals surface area contributed by atoms with Crippen LogP contribution in [0.4, 0.5) is 0 Å². The summed E-state index contributed by atoms with van der Waals surface area (Å²) in [4.78, 5) is 14.6. The molecule has 2 aromatic carbocycles. The molecule has 25 heavy (non-hydrogen) atoms. The molecule has 1 N–H and O–H groups in total. The van der Waals surface area contributed by atoms with E-state index in [0.717, 1.165) is 25.1 Å². The van der Waals surface area contributed by atoms with Crippen molar-refractivity contribution >= 4 is 5.91 Å². The summed E-state index contributed by atoms with van der Waals surface area (Å²) in [6.45, 7) is 4.58. The summed E-state index contributed by atoms with van der Waals surface area (Å²) in [6.07, 6.45) is 2.26. The topological polar surface area (TPSA) is 41.6 Å². The van der Waals surface area contributed by atoms with E-state index in [0.29, 0.717) is 25.7 Å². The van der Waals surface area contributed by atoms with Gasteiger partial charge in [-0.05, 0) is 49.6 Å². The van der Waals surface area contributed by atoms with Gasteiger partial charge in [0.25, 0.3) is 0 Å². The number of rotatable bonds is 7. The summed E-state index contributed by atoms with van der Waals surface area (Å²) in [5.41, 5.74) is 2.65. The molecule has 1 amide bonds. The standard InChI is InChI=1S/C21H26N2O2/c1-17-8-5-6-11-19(17)20-12-7-14-23(20)16-21(24)22-13-15-25-18-9-3-2-4-10-18/h2-6,8-11,20H,7,12-16H2,1H3,(H,22,24). The van der Waals surface area contributed by atoms with Crippen molar-refractivity contribution in [2.45, 2.75) is 25.8 Å². The summed E-state index contributed by atoms with van der Waals surface area (Å²) < 4.78 is 5.60. The monoisotopic (exact) mass is 338 g/mol. The number of aryl methyl sites for hydroxylation is 1. The second-order valence-electron chi connectivity index (χ2n) is 6.50. The molecule has 1 heterocycles. The predicted molar refractivity (Wildman–Crippen MR) is 99.7 cm³/mol. The van der Waals surface area contributed by atoms with Gasteiger partial charge in [-0.25, -0.2) is 0 Å². The fourth-order valence-corrected chi connectivity index (χ4v) is 3.44. The maximum atomic E-state index is 12.3. The highest BCUT2D eigenvalue weighted by Gasteiger charge is 2.28. The lowest BCUT2D eigenvalue weighted by molar-refractivity contribution is -0.122. The number of nitrogens with one attached hydrogen (secondary N) is 1. The highest BCUT2D eigenvalue weighted by molar-refractivity contribution is 5.78. The first-order valence-corrected chi connectivity index (χ1v) is 8.98. The lowest BCUT2D eigenvalue weighted by atomic mass is 9.99. The maximum absolute atomic E-state index is 12.3. The van der Waals surface area contributed by atoms with Crippen LogP contribution in [-0.4, -0.2) is 37.0 Å². The summed E-state index contributed by atoms with van der Waals surface area (Å²) >= 11 is 0. The largest absolute Gasteiger partial charge is 0.492 e. The van der Waals surface area contributed by atoms with Crippen molar-refractivity contribution in [2.75, 3.05) is 26.2 Å². The van der Waals surface area contributed by atoms with E-state index in [-0.39, 0.29) is 5.91 Å². The van der Waals surface area contributed by atoms with Gasteiger partial charge < -0.3 is 10.1 Å². The molecule has 0 bridgehead atoms.